The molecule has 1 aromatic carbocycles. The van der Waals surface area contributed by atoms with Crippen molar-refractivity contribution in [2.24, 2.45) is 0 Å². The molecule has 1 aromatic heterocycles. The van der Waals surface area contributed by atoms with Crippen molar-refractivity contribution >= 4 is 17.0 Å². The lowest BCUT2D eigenvalue weighted by atomic mass is 10.0. The highest BCUT2D eigenvalue weighted by atomic mass is 32.2. The van der Waals surface area contributed by atoms with Gasteiger partial charge in [0.1, 0.15) is 5.25 Å². The van der Waals surface area contributed by atoms with Gasteiger partial charge in [-0.15, -0.1) is 0 Å². The minimum Gasteiger partial charge on any atom is -0.611 e. The molecule has 0 bridgehead atoms. The van der Waals surface area contributed by atoms with E-state index in [1.165, 1.54) is 0 Å². The fraction of sp³-hybridized carbons (Fsp3) is 0.312. The van der Waals surface area contributed by atoms with Gasteiger partial charge in [0.25, 0.3) is 0 Å². The number of aryl methyl sites for hydroxylation is 2. The van der Waals surface area contributed by atoms with Crippen molar-refractivity contribution in [2.45, 2.75) is 37.0 Å². The molecular formula is C16H17NO2S. The average Bonchev–Trinajstić information content (AvgIpc) is 2.87. The van der Waals surface area contributed by atoms with Gasteiger partial charge >= 0.3 is 0 Å². The Hall–Kier alpha value is -1.52. The summed E-state index contributed by atoms with van der Waals surface area (Å²) in [5, 5.41) is 0.0535. The largest absolute Gasteiger partial charge is 0.611 e. The van der Waals surface area contributed by atoms with Crippen molar-refractivity contribution in [1.29, 1.82) is 0 Å². The van der Waals surface area contributed by atoms with Crippen LogP contribution in [-0.4, -0.2) is 20.2 Å². The molecule has 0 spiro atoms. The van der Waals surface area contributed by atoms with Crippen LogP contribution in [0.2, 0.25) is 0 Å². The smallest absolute Gasteiger partial charge is 0.209 e. The van der Waals surface area contributed by atoms with Crippen LogP contribution < -0.4 is 0 Å². The van der Waals surface area contributed by atoms with Gasteiger partial charge in [-0.05, 0) is 55.2 Å². The van der Waals surface area contributed by atoms with Crippen molar-refractivity contribution in [3.05, 3.63) is 53.3 Å². The first-order valence-corrected chi connectivity index (χ1v) is 8.02. The molecule has 0 saturated heterocycles. The van der Waals surface area contributed by atoms with Crippen LogP contribution in [0.1, 0.15) is 35.5 Å². The zero-order chi connectivity index (χ0) is 14.3. The van der Waals surface area contributed by atoms with Gasteiger partial charge in [0.05, 0.1) is 5.69 Å². The maximum Gasteiger partial charge on any atom is 0.209 e. The summed E-state index contributed by atoms with van der Waals surface area (Å²) in [5.41, 5.74) is 2.47. The van der Waals surface area contributed by atoms with Gasteiger partial charge in [-0.3, -0.25) is 4.79 Å². The summed E-state index contributed by atoms with van der Waals surface area (Å²) in [7, 11) is 0. The topological polar surface area (TPSA) is 45.1 Å². The molecule has 3 rings (SSSR count). The van der Waals surface area contributed by atoms with E-state index in [0.717, 1.165) is 29.1 Å². The van der Waals surface area contributed by atoms with Gasteiger partial charge in [0.15, 0.2) is 4.90 Å². The van der Waals surface area contributed by atoms with E-state index in [1.807, 2.05) is 54.9 Å². The average molecular weight is 287 g/mol. The fourth-order valence-corrected chi connectivity index (χ4v) is 3.56. The van der Waals surface area contributed by atoms with Gasteiger partial charge in [-0.1, -0.05) is 6.07 Å². The molecule has 3 nitrogen and oxygen atoms in total. The highest BCUT2D eigenvalue weighted by Crippen LogP contribution is 2.25. The number of rotatable bonds is 2. The molecule has 1 aliphatic rings. The second-order valence-electron chi connectivity index (χ2n) is 5.33. The zero-order valence-electron chi connectivity index (χ0n) is 11.6. The quantitative estimate of drug-likeness (QED) is 0.797. The highest BCUT2D eigenvalue weighted by Gasteiger charge is 2.24. The Morgan fingerprint density at radius 3 is 2.85 bits per heavy atom. The molecule has 1 aliphatic heterocycles. The van der Waals surface area contributed by atoms with Crippen LogP contribution in [-0.2, 0) is 24.1 Å². The molecule has 0 saturated carbocycles. The Labute approximate surface area is 121 Å². The van der Waals surface area contributed by atoms with Gasteiger partial charge in [0, 0.05) is 24.4 Å². The maximum atomic E-state index is 12.6. The third-order valence-electron chi connectivity index (χ3n) is 3.67. The summed E-state index contributed by atoms with van der Waals surface area (Å²) in [6.07, 6.45) is 2.77. The second-order valence-corrected chi connectivity index (χ2v) is 7.34. The van der Waals surface area contributed by atoms with Gasteiger partial charge in [-0.25, -0.2) is 0 Å². The number of fused-ring (bicyclic) bond motifs is 2. The summed E-state index contributed by atoms with van der Waals surface area (Å²) in [6.45, 7) is 4.66. The Morgan fingerprint density at radius 1 is 1.30 bits per heavy atom. The van der Waals surface area contributed by atoms with Gasteiger partial charge in [-0.2, -0.15) is 0 Å². The lowest BCUT2D eigenvalue weighted by Crippen LogP contribution is -2.15. The SMILES string of the molecule is CC(C)[S+]([O-])c1ccc2c(c1)C(=O)c1cccn1CC2. The lowest BCUT2D eigenvalue weighted by Gasteiger charge is -2.15. The molecule has 0 fully saturated rings. The van der Waals surface area contributed by atoms with Crippen LogP contribution in [0.4, 0.5) is 0 Å². The van der Waals surface area contributed by atoms with E-state index in [0.29, 0.717) is 5.56 Å². The van der Waals surface area contributed by atoms with Crippen molar-refractivity contribution in [2.75, 3.05) is 0 Å². The first-order valence-electron chi connectivity index (χ1n) is 6.81. The van der Waals surface area contributed by atoms with Crippen molar-refractivity contribution in [3.63, 3.8) is 0 Å². The molecule has 0 N–H and O–H groups in total. The maximum absolute atomic E-state index is 12.6. The van der Waals surface area contributed by atoms with Crippen molar-refractivity contribution in [1.82, 2.24) is 4.57 Å². The normalized spacial score (nSPS) is 15.7. The molecule has 0 aliphatic carbocycles. The van der Waals surface area contributed by atoms with Gasteiger partial charge < -0.3 is 9.12 Å². The minimum atomic E-state index is -1.06. The number of ketones is 1. The van der Waals surface area contributed by atoms with Crippen LogP contribution in [0.25, 0.3) is 0 Å². The predicted molar refractivity (Wildman–Crippen MR) is 79.6 cm³/mol. The molecule has 104 valence electrons. The van der Waals surface area contributed by atoms with Gasteiger partial charge in [0.2, 0.25) is 5.78 Å². The van der Waals surface area contributed by atoms with Crippen LogP contribution in [0, 0.1) is 0 Å². The summed E-state index contributed by atoms with van der Waals surface area (Å²) in [6, 6.07) is 9.41. The predicted octanol–water partition coefficient (Wildman–Crippen LogP) is 2.79. The number of benzene rings is 1. The van der Waals surface area contributed by atoms with E-state index >= 15 is 0 Å². The molecule has 20 heavy (non-hydrogen) atoms. The Morgan fingerprint density at radius 2 is 2.10 bits per heavy atom. The molecular weight excluding hydrogens is 270 g/mol. The monoisotopic (exact) mass is 287 g/mol. The molecule has 4 heteroatoms. The molecule has 1 atom stereocenters. The third kappa shape index (κ3) is 2.19. The number of carbonyl (C=O) groups is 1. The van der Waals surface area contributed by atoms with Crippen LogP contribution in [0.3, 0.4) is 0 Å². The molecule has 0 radical (unpaired) electrons. The highest BCUT2D eigenvalue weighted by molar-refractivity contribution is 7.92. The number of aromatic nitrogens is 1. The number of nitrogens with zero attached hydrogens (tertiary/aromatic N) is 1. The zero-order valence-corrected chi connectivity index (χ0v) is 12.4. The van der Waals surface area contributed by atoms with Crippen LogP contribution in [0.5, 0.6) is 0 Å². The van der Waals surface area contributed by atoms with Crippen molar-refractivity contribution in [3.8, 4) is 0 Å². The molecule has 0 amide bonds. The summed E-state index contributed by atoms with van der Waals surface area (Å²) >= 11 is -1.06. The first kappa shape index (κ1) is 13.5. The number of hydrogen-bond donors (Lipinski definition) is 0. The van der Waals surface area contributed by atoms with Crippen LogP contribution >= 0.6 is 0 Å². The number of hydrogen-bond acceptors (Lipinski definition) is 2. The van der Waals surface area contributed by atoms with E-state index in [9.17, 15) is 9.35 Å². The molecule has 2 aromatic rings. The van der Waals surface area contributed by atoms with E-state index in [1.54, 1.807) is 0 Å². The summed E-state index contributed by atoms with van der Waals surface area (Å²) < 4.78 is 14.2. The molecule has 1 unspecified atom stereocenters. The Kier molecular flexibility index (Phi) is 3.44. The van der Waals surface area contributed by atoms with E-state index in [-0.39, 0.29) is 11.0 Å². The lowest BCUT2D eigenvalue weighted by molar-refractivity contribution is 0.103. The van der Waals surface area contributed by atoms with E-state index in [4.69, 9.17) is 0 Å². The van der Waals surface area contributed by atoms with E-state index in [2.05, 4.69) is 0 Å². The summed E-state index contributed by atoms with van der Waals surface area (Å²) in [4.78, 5) is 13.4. The fourth-order valence-electron chi connectivity index (χ4n) is 2.58. The summed E-state index contributed by atoms with van der Waals surface area (Å²) in [5.74, 6) is 0.0325. The van der Waals surface area contributed by atoms with E-state index < -0.39 is 11.2 Å². The molecule has 2 heterocycles. The van der Waals surface area contributed by atoms with Crippen molar-refractivity contribution < 1.29 is 9.35 Å². The Bertz CT molecular complexity index is 660. The third-order valence-corrected chi connectivity index (χ3v) is 5.25. The van der Waals surface area contributed by atoms with Crippen LogP contribution in [0.15, 0.2) is 41.4 Å². The Balaban J connectivity index is 2.07. The number of carbonyl (C=O) groups excluding carboxylic acids is 1. The standard InChI is InChI=1S/C16H17NO2S/c1-11(2)20(19)13-6-5-12-7-9-17-8-3-4-15(17)16(18)14(12)10-13/h3-6,8,10-11H,7,9H2,1-2H3. The minimum absolute atomic E-state index is 0.0325. The first-order chi connectivity index (χ1) is 9.58. The second kappa shape index (κ2) is 5.11.